The Morgan fingerprint density at radius 2 is 1.95 bits per heavy atom. The molecule has 0 bridgehead atoms. The maximum Gasteiger partial charge on any atom is 0.309 e. The average Bonchev–Trinajstić information content (AvgIpc) is 2.37. The highest BCUT2D eigenvalue weighted by atomic mass is 32.2. The molecule has 1 aromatic rings. The normalized spacial score (nSPS) is 22.1. The minimum absolute atomic E-state index is 0.110. The predicted molar refractivity (Wildman–Crippen MR) is 71.5 cm³/mol. The third-order valence-electron chi connectivity index (χ3n) is 3.24. The summed E-state index contributed by atoms with van der Waals surface area (Å²) in [6.45, 7) is 0. The zero-order valence-electron chi connectivity index (χ0n) is 11.1. The summed E-state index contributed by atoms with van der Waals surface area (Å²) in [6.07, 6.45) is 0.586. The number of carbonyl (C=O) groups excluding carboxylic acids is 1. The number of aliphatic hydroxyl groups is 1. The number of sulfonamides is 1. The van der Waals surface area contributed by atoms with Crippen molar-refractivity contribution in [2.24, 2.45) is 0 Å². The molecule has 6 nitrogen and oxygen atoms in total. The van der Waals surface area contributed by atoms with Gasteiger partial charge in [-0.2, -0.15) is 0 Å². The van der Waals surface area contributed by atoms with Gasteiger partial charge in [-0.05, 0) is 30.5 Å². The number of hydrogen-bond acceptors (Lipinski definition) is 5. The van der Waals surface area contributed by atoms with Crippen LogP contribution >= 0.6 is 0 Å². The van der Waals surface area contributed by atoms with Crippen LogP contribution in [0.15, 0.2) is 29.2 Å². The molecule has 0 spiro atoms. The lowest BCUT2D eigenvalue weighted by atomic mass is 9.91. The van der Waals surface area contributed by atoms with E-state index in [1.54, 1.807) is 12.1 Å². The molecule has 0 unspecified atom stereocenters. The maximum atomic E-state index is 12.0. The molecule has 0 aliphatic heterocycles. The maximum absolute atomic E-state index is 12.0. The van der Waals surface area contributed by atoms with E-state index in [2.05, 4.69) is 9.46 Å². The van der Waals surface area contributed by atoms with E-state index in [9.17, 15) is 13.2 Å². The second kappa shape index (κ2) is 5.90. The van der Waals surface area contributed by atoms with Crippen LogP contribution in [0.25, 0.3) is 0 Å². The van der Waals surface area contributed by atoms with E-state index in [4.69, 9.17) is 5.11 Å². The first-order valence-electron chi connectivity index (χ1n) is 6.27. The van der Waals surface area contributed by atoms with Gasteiger partial charge in [0.25, 0.3) is 0 Å². The Kier molecular flexibility index (Phi) is 4.42. The summed E-state index contributed by atoms with van der Waals surface area (Å²) in [5.41, 5.74) is 0.690. The minimum Gasteiger partial charge on any atom is -0.469 e. The molecular formula is C13H17NO5S. The quantitative estimate of drug-likeness (QED) is 0.758. The van der Waals surface area contributed by atoms with Gasteiger partial charge in [0.15, 0.2) is 0 Å². The van der Waals surface area contributed by atoms with Crippen molar-refractivity contribution < 1.29 is 23.1 Å². The first kappa shape index (κ1) is 15.0. The molecule has 1 aliphatic carbocycles. The number of ether oxygens (including phenoxy) is 1. The Morgan fingerprint density at radius 3 is 2.45 bits per heavy atom. The van der Waals surface area contributed by atoms with Crippen molar-refractivity contribution in [3.05, 3.63) is 29.8 Å². The van der Waals surface area contributed by atoms with Gasteiger partial charge in [0.1, 0.15) is 0 Å². The molecule has 0 radical (unpaired) electrons. The molecule has 1 aliphatic rings. The molecule has 0 saturated heterocycles. The van der Waals surface area contributed by atoms with Gasteiger partial charge in [-0.25, -0.2) is 13.1 Å². The lowest BCUT2D eigenvalue weighted by Gasteiger charge is -2.31. The molecule has 0 atom stereocenters. The van der Waals surface area contributed by atoms with Gasteiger partial charge in [-0.15, -0.1) is 0 Å². The Morgan fingerprint density at radius 1 is 1.35 bits per heavy atom. The topological polar surface area (TPSA) is 92.7 Å². The molecule has 0 heterocycles. The Balaban J connectivity index is 2.03. The highest BCUT2D eigenvalue weighted by Gasteiger charge is 2.31. The van der Waals surface area contributed by atoms with E-state index >= 15 is 0 Å². The SMILES string of the molecule is COC(=O)Cc1ccc(S(=O)(=O)NC2CC(O)C2)cc1. The lowest BCUT2D eigenvalue weighted by molar-refractivity contribution is -0.139. The number of aliphatic hydroxyl groups excluding tert-OH is 1. The van der Waals surface area contributed by atoms with Crippen LogP contribution in [0.1, 0.15) is 18.4 Å². The van der Waals surface area contributed by atoms with Gasteiger partial charge in [-0.3, -0.25) is 4.79 Å². The van der Waals surface area contributed by atoms with Gasteiger partial charge < -0.3 is 9.84 Å². The van der Waals surface area contributed by atoms with Crippen LogP contribution in [0.2, 0.25) is 0 Å². The fraction of sp³-hybridized carbons (Fsp3) is 0.462. The van der Waals surface area contributed by atoms with Gasteiger partial charge >= 0.3 is 5.97 Å². The molecule has 20 heavy (non-hydrogen) atoms. The molecule has 1 saturated carbocycles. The van der Waals surface area contributed by atoms with Crippen LogP contribution in [0.3, 0.4) is 0 Å². The number of methoxy groups -OCH3 is 1. The van der Waals surface area contributed by atoms with Crippen molar-refractivity contribution in [2.75, 3.05) is 7.11 Å². The molecule has 0 amide bonds. The van der Waals surface area contributed by atoms with E-state index in [0.717, 1.165) is 0 Å². The summed E-state index contributed by atoms with van der Waals surface area (Å²) < 4.78 is 31.2. The highest BCUT2D eigenvalue weighted by Crippen LogP contribution is 2.22. The zero-order chi connectivity index (χ0) is 14.8. The summed E-state index contributed by atoms with van der Waals surface area (Å²) >= 11 is 0. The van der Waals surface area contributed by atoms with Crippen molar-refractivity contribution >= 4 is 16.0 Å². The summed E-state index contributed by atoms with van der Waals surface area (Å²) in [5.74, 6) is -0.373. The monoisotopic (exact) mass is 299 g/mol. The van der Waals surface area contributed by atoms with Gasteiger partial charge in [0, 0.05) is 6.04 Å². The number of benzene rings is 1. The lowest BCUT2D eigenvalue weighted by Crippen LogP contribution is -2.46. The first-order valence-corrected chi connectivity index (χ1v) is 7.75. The average molecular weight is 299 g/mol. The van der Waals surface area contributed by atoms with Crippen molar-refractivity contribution in [3.8, 4) is 0 Å². The first-order chi connectivity index (χ1) is 9.40. The Labute approximate surface area is 117 Å². The summed E-state index contributed by atoms with van der Waals surface area (Å²) in [5, 5.41) is 9.15. The van der Waals surface area contributed by atoms with Gasteiger partial charge in [0.05, 0.1) is 24.5 Å². The standard InChI is InChI=1S/C13H17NO5S/c1-19-13(16)6-9-2-4-12(5-3-9)20(17,18)14-10-7-11(15)8-10/h2-5,10-11,14-15H,6-8H2,1H3. The fourth-order valence-electron chi connectivity index (χ4n) is 2.00. The van der Waals surface area contributed by atoms with E-state index in [1.165, 1.54) is 19.2 Å². The van der Waals surface area contributed by atoms with Crippen molar-refractivity contribution in [3.63, 3.8) is 0 Å². The Bertz CT molecular complexity index is 575. The second-order valence-electron chi connectivity index (χ2n) is 4.84. The molecule has 110 valence electrons. The number of hydrogen-bond donors (Lipinski definition) is 2. The molecule has 1 fully saturated rings. The van der Waals surface area contributed by atoms with E-state index in [0.29, 0.717) is 18.4 Å². The smallest absolute Gasteiger partial charge is 0.309 e. The summed E-state index contributed by atoms with van der Waals surface area (Å²) in [6, 6.07) is 5.87. The summed E-state index contributed by atoms with van der Waals surface area (Å²) in [7, 11) is -2.27. The Hall–Kier alpha value is -1.44. The van der Waals surface area contributed by atoms with Crippen LogP contribution in [0, 0.1) is 0 Å². The summed E-state index contributed by atoms with van der Waals surface area (Å²) in [4.78, 5) is 11.3. The van der Waals surface area contributed by atoms with Crippen LogP contribution < -0.4 is 4.72 Å². The number of rotatable bonds is 5. The van der Waals surface area contributed by atoms with Gasteiger partial charge in [-0.1, -0.05) is 12.1 Å². The van der Waals surface area contributed by atoms with Crippen molar-refractivity contribution in [1.82, 2.24) is 4.72 Å². The third kappa shape index (κ3) is 3.56. The van der Waals surface area contributed by atoms with E-state index in [1.807, 2.05) is 0 Å². The van der Waals surface area contributed by atoms with Crippen LogP contribution in [-0.2, 0) is 26.0 Å². The molecular weight excluding hydrogens is 282 g/mol. The second-order valence-corrected chi connectivity index (χ2v) is 6.55. The van der Waals surface area contributed by atoms with Crippen molar-refractivity contribution in [2.45, 2.75) is 36.3 Å². The van der Waals surface area contributed by atoms with Crippen molar-refractivity contribution in [1.29, 1.82) is 0 Å². The fourth-order valence-corrected chi connectivity index (χ4v) is 3.26. The molecule has 0 aromatic heterocycles. The van der Waals surface area contributed by atoms with Gasteiger partial charge in [0.2, 0.25) is 10.0 Å². The van der Waals surface area contributed by atoms with Crippen LogP contribution in [0.4, 0.5) is 0 Å². The molecule has 7 heteroatoms. The van der Waals surface area contributed by atoms with Crippen LogP contribution in [-0.4, -0.2) is 38.7 Å². The highest BCUT2D eigenvalue weighted by molar-refractivity contribution is 7.89. The third-order valence-corrected chi connectivity index (χ3v) is 4.78. The number of nitrogens with one attached hydrogen (secondary N) is 1. The number of esters is 1. The zero-order valence-corrected chi connectivity index (χ0v) is 11.9. The minimum atomic E-state index is -3.57. The molecule has 2 rings (SSSR count). The largest absolute Gasteiger partial charge is 0.469 e. The predicted octanol–water partition coefficient (Wildman–Crippen LogP) is 0.204. The van der Waals surface area contributed by atoms with E-state index < -0.39 is 16.1 Å². The van der Waals surface area contributed by atoms with E-state index in [-0.39, 0.29) is 23.3 Å². The number of carbonyl (C=O) groups is 1. The van der Waals surface area contributed by atoms with Crippen LogP contribution in [0.5, 0.6) is 0 Å². The molecule has 2 N–H and O–H groups in total. The molecule has 1 aromatic carbocycles.